The van der Waals surface area contributed by atoms with Crippen LogP contribution in [0.1, 0.15) is 51.0 Å². The number of nitrogens with two attached hydrogens (primary N) is 1. The second-order valence-electron chi connectivity index (χ2n) is 6.32. The molecule has 0 bridgehead atoms. The first-order chi connectivity index (χ1) is 9.95. The molecule has 0 heterocycles. The third kappa shape index (κ3) is 3.74. The lowest BCUT2D eigenvalue weighted by molar-refractivity contribution is -0.123. The van der Waals surface area contributed by atoms with E-state index in [0.717, 1.165) is 31.2 Å². The van der Waals surface area contributed by atoms with Crippen molar-refractivity contribution in [3.63, 3.8) is 0 Å². The zero-order valence-electron chi connectivity index (χ0n) is 12.9. The number of primary amides is 1. The molecule has 0 aliphatic heterocycles. The van der Waals surface area contributed by atoms with Crippen LogP contribution in [-0.4, -0.2) is 11.4 Å². The van der Waals surface area contributed by atoms with Crippen LogP contribution in [0, 0.1) is 18.7 Å². The van der Waals surface area contributed by atoms with Gasteiger partial charge in [-0.15, -0.1) is 0 Å². The highest BCUT2D eigenvalue weighted by Crippen LogP contribution is 2.36. The minimum absolute atomic E-state index is 0.295. The van der Waals surface area contributed by atoms with E-state index in [1.54, 1.807) is 0 Å². The largest absolute Gasteiger partial charge is 0.371 e. The summed E-state index contributed by atoms with van der Waals surface area (Å²) < 4.78 is 13.5. The van der Waals surface area contributed by atoms with Crippen molar-refractivity contribution in [2.45, 2.75) is 57.9 Å². The molecule has 3 nitrogen and oxygen atoms in total. The maximum Gasteiger partial charge on any atom is 0.243 e. The highest BCUT2D eigenvalue weighted by molar-refractivity contribution is 5.88. The summed E-state index contributed by atoms with van der Waals surface area (Å²) in [6.45, 7) is 4.02. The van der Waals surface area contributed by atoms with E-state index >= 15 is 0 Å². The summed E-state index contributed by atoms with van der Waals surface area (Å²) >= 11 is 0. The third-order valence-corrected chi connectivity index (χ3v) is 4.55. The van der Waals surface area contributed by atoms with Gasteiger partial charge in [-0.05, 0) is 62.3 Å². The van der Waals surface area contributed by atoms with Gasteiger partial charge >= 0.3 is 0 Å². The van der Waals surface area contributed by atoms with Crippen molar-refractivity contribution in [3.05, 3.63) is 29.6 Å². The Morgan fingerprint density at radius 3 is 2.57 bits per heavy atom. The van der Waals surface area contributed by atoms with Gasteiger partial charge in [0.25, 0.3) is 0 Å². The molecule has 0 unspecified atom stereocenters. The van der Waals surface area contributed by atoms with E-state index in [1.807, 2.05) is 13.0 Å². The maximum absolute atomic E-state index is 13.5. The highest BCUT2D eigenvalue weighted by Gasteiger charge is 2.40. The van der Waals surface area contributed by atoms with Gasteiger partial charge in [0, 0.05) is 5.69 Å². The number of nitrogens with one attached hydrogen (secondary N) is 1. The van der Waals surface area contributed by atoms with Crippen molar-refractivity contribution in [2.24, 2.45) is 11.7 Å². The minimum Gasteiger partial charge on any atom is -0.371 e. The van der Waals surface area contributed by atoms with Crippen molar-refractivity contribution in [1.29, 1.82) is 0 Å². The molecule has 0 radical (unpaired) electrons. The van der Waals surface area contributed by atoms with E-state index < -0.39 is 5.54 Å². The second-order valence-corrected chi connectivity index (χ2v) is 6.32. The number of amides is 1. The molecule has 0 spiro atoms. The molecular weight excluding hydrogens is 267 g/mol. The number of anilines is 1. The average molecular weight is 292 g/mol. The molecule has 1 aromatic rings. The summed E-state index contributed by atoms with van der Waals surface area (Å²) in [5.74, 6) is 0.0506. The Kier molecular flexibility index (Phi) is 4.86. The Hall–Kier alpha value is -1.58. The van der Waals surface area contributed by atoms with Crippen molar-refractivity contribution in [2.75, 3.05) is 5.32 Å². The summed E-state index contributed by atoms with van der Waals surface area (Å²) in [4.78, 5) is 12.0. The van der Waals surface area contributed by atoms with E-state index in [4.69, 9.17) is 5.73 Å². The van der Waals surface area contributed by atoms with Gasteiger partial charge in [-0.25, -0.2) is 4.39 Å². The van der Waals surface area contributed by atoms with E-state index in [0.29, 0.717) is 11.6 Å². The molecule has 2 rings (SSSR count). The van der Waals surface area contributed by atoms with Crippen LogP contribution in [0.25, 0.3) is 0 Å². The molecule has 21 heavy (non-hydrogen) atoms. The van der Waals surface area contributed by atoms with Gasteiger partial charge in [0.1, 0.15) is 11.4 Å². The van der Waals surface area contributed by atoms with Gasteiger partial charge in [-0.3, -0.25) is 4.79 Å². The van der Waals surface area contributed by atoms with Crippen molar-refractivity contribution in [1.82, 2.24) is 0 Å². The monoisotopic (exact) mass is 292 g/mol. The fourth-order valence-corrected chi connectivity index (χ4v) is 3.39. The Labute approximate surface area is 126 Å². The average Bonchev–Trinajstić information content (AvgIpc) is 2.40. The van der Waals surface area contributed by atoms with Gasteiger partial charge in [0.15, 0.2) is 0 Å². The van der Waals surface area contributed by atoms with Gasteiger partial charge < -0.3 is 11.1 Å². The van der Waals surface area contributed by atoms with Crippen LogP contribution < -0.4 is 11.1 Å². The Balaban J connectivity index is 2.14. The third-order valence-electron chi connectivity index (χ3n) is 4.55. The van der Waals surface area contributed by atoms with Crippen LogP contribution >= 0.6 is 0 Å². The Bertz CT molecular complexity index is 487. The van der Waals surface area contributed by atoms with E-state index in [9.17, 15) is 9.18 Å². The Morgan fingerprint density at radius 2 is 2.05 bits per heavy atom. The predicted molar refractivity (Wildman–Crippen MR) is 83.6 cm³/mol. The molecule has 1 aliphatic rings. The molecule has 1 amide bonds. The number of carbonyl (C=O) groups is 1. The van der Waals surface area contributed by atoms with E-state index in [-0.39, 0.29) is 11.7 Å². The first-order valence-corrected chi connectivity index (χ1v) is 7.80. The Morgan fingerprint density at radius 1 is 1.38 bits per heavy atom. The van der Waals surface area contributed by atoms with Crippen LogP contribution in [0.4, 0.5) is 10.1 Å². The molecule has 1 aromatic carbocycles. The van der Waals surface area contributed by atoms with Crippen LogP contribution in [-0.2, 0) is 4.79 Å². The van der Waals surface area contributed by atoms with Crippen LogP contribution in [0.5, 0.6) is 0 Å². The van der Waals surface area contributed by atoms with Gasteiger partial charge in [-0.1, -0.05) is 19.8 Å². The predicted octanol–water partition coefficient (Wildman–Crippen LogP) is 3.76. The minimum atomic E-state index is -0.732. The normalized spacial score (nSPS) is 25.6. The number of aryl methyl sites for hydroxylation is 1. The molecule has 116 valence electrons. The fourth-order valence-electron chi connectivity index (χ4n) is 3.39. The molecule has 1 fully saturated rings. The maximum atomic E-state index is 13.5. The number of halogens is 1. The summed E-state index contributed by atoms with van der Waals surface area (Å²) in [7, 11) is 0. The lowest BCUT2D eigenvalue weighted by Gasteiger charge is -2.39. The molecule has 0 aromatic heterocycles. The topological polar surface area (TPSA) is 55.1 Å². The molecule has 3 N–H and O–H groups in total. The summed E-state index contributed by atoms with van der Waals surface area (Å²) in [6, 6.07) is 4.75. The van der Waals surface area contributed by atoms with Gasteiger partial charge in [0.2, 0.25) is 5.91 Å². The SMILES string of the molecule is CCCC1CCC(Nc2cc(C)cc(F)c2)(C(N)=O)CC1. The highest BCUT2D eigenvalue weighted by atomic mass is 19.1. The summed E-state index contributed by atoms with van der Waals surface area (Å²) in [5, 5.41) is 3.22. The lowest BCUT2D eigenvalue weighted by Crippen LogP contribution is -2.52. The lowest BCUT2D eigenvalue weighted by atomic mass is 9.74. The van der Waals surface area contributed by atoms with Crippen molar-refractivity contribution >= 4 is 11.6 Å². The van der Waals surface area contributed by atoms with Gasteiger partial charge in [-0.2, -0.15) is 0 Å². The number of rotatable bonds is 5. The first-order valence-electron chi connectivity index (χ1n) is 7.80. The first kappa shape index (κ1) is 15.8. The number of hydrogen-bond acceptors (Lipinski definition) is 2. The summed E-state index contributed by atoms with van der Waals surface area (Å²) in [5.41, 5.74) is 6.39. The standard InChI is InChI=1S/C17H25FN2O/c1-3-4-13-5-7-17(8-6-13,16(19)21)20-15-10-12(2)9-14(18)11-15/h9-11,13,20H,3-8H2,1-2H3,(H2,19,21). The number of benzene rings is 1. The quantitative estimate of drug-likeness (QED) is 0.868. The zero-order chi connectivity index (χ0) is 15.5. The number of hydrogen-bond donors (Lipinski definition) is 2. The fraction of sp³-hybridized carbons (Fsp3) is 0.588. The summed E-state index contributed by atoms with van der Waals surface area (Å²) in [6.07, 6.45) is 5.82. The van der Waals surface area contributed by atoms with Crippen molar-refractivity contribution < 1.29 is 9.18 Å². The van der Waals surface area contributed by atoms with Crippen LogP contribution in [0.3, 0.4) is 0 Å². The van der Waals surface area contributed by atoms with Crippen molar-refractivity contribution in [3.8, 4) is 0 Å². The molecule has 1 saturated carbocycles. The van der Waals surface area contributed by atoms with Gasteiger partial charge in [0.05, 0.1) is 0 Å². The van der Waals surface area contributed by atoms with E-state index in [2.05, 4.69) is 12.2 Å². The molecule has 0 atom stereocenters. The number of carbonyl (C=O) groups excluding carboxylic acids is 1. The molecule has 1 aliphatic carbocycles. The van der Waals surface area contributed by atoms with Crippen LogP contribution in [0.2, 0.25) is 0 Å². The van der Waals surface area contributed by atoms with E-state index in [1.165, 1.54) is 25.0 Å². The second kappa shape index (κ2) is 6.46. The molecule has 0 saturated heterocycles. The molecule has 4 heteroatoms. The zero-order valence-corrected chi connectivity index (χ0v) is 12.9. The van der Waals surface area contributed by atoms with Crippen LogP contribution in [0.15, 0.2) is 18.2 Å². The molecular formula is C17H25FN2O. The smallest absolute Gasteiger partial charge is 0.243 e.